The van der Waals surface area contributed by atoms with Crippen LogP contribution in [0.15, 0.2) is 51.6 Å². The van der Waals surface area contributed by atoms with Gasteiger partial charge in [-0.25, -0.2) is 4.79 Å². The second kappa shape index (κ2) is 7.11. The lowest BCUT2D eigenvalue weighted by Gasteiger charge is -2.11. The number of ether oxygens (including phenoxy) is 1. The van der Waals surface area contributed by atoms with Gasteiger partial charge in [0.2, 0.25) is 5.78 Å². The number of esters is 1. The van der Waals surface area contributed by atoms with Crippen molar-refractivity contribution < 1.29 is 18.7 Å². The lowest BCUT2D eigenvalue weighted by atomic mass is 10.0. The van der Waals surface area contributed by atoms with Gasteiger partial charge in [-0.05, 0) is 54.1 Å². The average molecular weight is 402 g/mol. The zero-order valence-electron chi connectivity index (χ0n) is 13.7. The third-order valence-electron chi connectivity index (χ3n) is 3.78. The van der Waals surface area contributed by atoms with E-state index >= 15 is 0 Å². The smallest absolute Gasteiger partial charge is 0.331 e. The predicted molar refractivity (Wildman–Crippen MR) is 98.4 cm³/mol. The number of fused-ring (bicyclic) bond motifs is 1. The van der Waals surface area contributed by atoms with Crippen LogP contribution in [0.1, 0.15) is 28.7 Å². The number of ketones is 1. The molecule has 25 heavy (non-hydrogen) atoms. The molecule has 0 fully saturated rings. The largest absolute Gasteiger partial charge is 0.451 e. The Kier molecular flexibility index (Phi) is 4.90. The second-order valence-corrected chi connectivity index (χ2v) is 6.37. The lowest BCUT2D eigenvalue weighted by molar-refractivity contribution is -0.140. The summed E-state index contributed by atoms with van der Waals surface area (Å²) in [6.45, 7) is 3.40. The number of furan rings is 1. The molecule has 1 aromatic carbocycles. The van der Waals surface area contributed by atoms with Gasteiger partial charge >= 0.3 is 5.97 Å². The first-order valence-corrected chi connectivity index (χ1v) is 8.50. The average Bonchev–Trinajstić information content (AvgIpc) is 3.14. The summed E-state index contributed by atoms with van der Waals surface area (Å²) in [5, 5.41) is 0.823. The van der Waals surface area contributed by atoms with E-state index in [1.807, 2.05) is 31.2 Å². The van der Waals surface area contributed by atoms with Crippen LogP contribution in [-0.4, -0.2) is 22.8 Å². The van der Waals surface area contributed by atoms with Gasteiger partial charge in [-0.1, -0.05) is 18.2 Å². The number of para-hydroxylation sites is 1. The Morgan fingerprint density at radius 1 is 1.24 bits per heavy atom. The number of aryl methyl sites for hydroxylation is 1. The summed E-state index contributed by atoms with van der Waals surface area (Å²) in [7, 11) is 0. The molecule has 0 saturated heterocycles. The van der Waals surface area contributed by atoms with Crippen molar-refractivity contribution in [3.63, 3.8) is 0 Å². The zero-order valence-corrected chi connectivity index (χ0v) is 15.3. The summed E-state index contributed by atoms with van der Waals surface area (Å²) in [4.78, 5) is 27.8. The van der Waals surface area contributed by atoms with Gasteiger partial charge in [0.15, 0.2) is 10.8 Å². The van der Waals surface area contributed by atoms with Gasteiger partial charge in [-0.15, -0.1) is 0 Å². The van der Waals surface area contributed by atoms with Crippen LogP contribution in [0.25, 0.3) is 17.0 Å². The van der Waals surface area contributed by atoms with E-state index in [-0.39, 0.29) is 5.78 Å². The van der Waals surface area contributed by atoms with Gasteiger partial charge < -0.3 is 14.1 Å². The molecule has 0 radical (unpaired) electrons. The summed E-state index contributed by atoms with van der Waals surface area (Å²) in [5.74, 6) is -0.335. The van der Waals surface area contributed by atoms with Gasteiger partial charge in [0.1, 0.15) is 5.76 Å². The molecular weight excluding hydrogens is 386 g/mol. The van der Waals surface area contributed by atoms with Crippen LogP contribution in [0.4, 0.5) is 0 Å². The van der Waals surface area contributed by atoms with E-state index < -0.39 is 12.1 Å². The van der Waals surface area contributed by atoms with Gasteiger partial charge in [-0.2, -0.15) is 0 Å². The van der Waals surface area contributed by atoms with Crippen LogP contribution in [0.2, 0.25) is 0 Å². The second-order valence-electron chi connectivity index (χ2n) is 5.59. The first kappa shape index (κ1) is 17.2. The highest BCUT2D eigenvalue weighted by Crippen LogP contribution is 2.24. The number of carbonyl (C=O) groups excluding carboxylic acids is 2. The molecule has 0 bridgehead atoms. The maximum atomic E-state index is 12.7. The standard InChI is InChI=1S/C19H16BrNO4/c1-11-18(14-5-3-4-6-15(14)21-11)19(23)12(2)24-17(22)10-8-13-7-9-16(20)25-13/h3-10,12,21H,1-2H3/b10-8+/t12-/m0/s1. The first-order chi connectivity index (χ1) is 12.0. The Morgan fingerprint density at radius 3 is 2.72 bits per heavy atom. The number of nitrogens with one attached hydrogen (secondary N) is 1. The lowest BCUT2D eigenvalue weighted by Crippen LogP contribution is -2.24. The van der Waals surface area contributed by atoms with Crippen LogP contribution >= 0.6 is 15.9 Å². The third kappa shape index (κ3) is 3.74. The quantitative estimate of drug-likeness (QED) is 0.383. The molecule has 0 spiro atoms. The van der Waals surface area contributed by atoms with E-state index in [1.54, 1.807) is 19.1 Å². The Morgan fingerprint density at radius 2 is 2.00 bits per heavy atom. The SMILES string of the molecule is Cc1[nH]c2ccccc2c1C(=O)[C@H](C)OC(=O)/C=C/c1ccc(Br)o1. The van der Waals surface area contributed by atoms with Crippen molar-refractivity contribution in [3.05, 3.63) is 64.2 Å². The number of hydrogen-bond acceptors (Lipinski definition) is 4. The molecule has 128 valence electrons. The molecule has 1 atom stereocenters. The maximum Gasteiger partial charge on any atom is 0.331 e. The number of carbonyl (C=O) groups is 2. The molecule has 2 aromatic heterocycles. The Hall–Kier alpha value is -2.60. The van der Waals surface area contributed by atoms with Crippen molar-refractivity contribution in [1.82, 2.24) is 4.98 Å². The number of benzene rings is 1. The maximum absolute atomic E-state index is 12.7. The minimum Gasteiger partial charge on any atom is -0.451 e. The monoisotopic (exact) mass is 401 g/mol. The summed E-state index contributed by atoms with van der Waals surface area (Å²) in [5.41, 5.74) is 2.19. The number of rotatable bonds is 5. The van der Waals surface area contributed by atoms with Gasteiger partial charge in [0.25, 0.3) is 0 Å². The van der Waals surface area contributed by atoms with Gasteiger partial charge in [0.05, 0.1) is 0 Å². The fourth-order valence-electron chi connectivity index (χ4n) is 2.63. The highest BCUT2D eigenvalue weighted by Gasteiger charge is 2.23. The highest BCUT2D eigenvalue weighted by molar-refractivity contribution is 9.10. The molecule has 3 aromatic rings. The van der Waals surface area contributed by atoms with Gasteiger partial charge in [0, 0.05) is 28.2 Å². The topological polar surface area (TPSA) is 72.3 Å². The Balaban J connectivity index is 1.72. The van der Waals surface area contributed by atoms with Gasteiger partial charge in [-0.3, -0.25) is 4.79 Å². The van der Waals surface area contributed by atoms with Crippen LogP contribution < -0.4 is 0 Å². The van der Waals surface area contributed by atoms with Crippen molar-refractivity contribution >= 4 is 44.7 Å². The number of hydrogen-bond donors (Lipinski definition) is 1. The van der Waals surface area contributed by atoms with E-state index in [4.69, 9.17) is 9.15 Å². The zero-order chi connectivity index (χ0) is 18.0. The van der Waals surface area contributed by atoms with Crippen molar-refractivity contribution in [3.8, 4) is 0 Å². The summed E-state index contributed by atoms with van der Waals surface area (Å²) < 4.78 is 11.1. The highest BCUT2D eigenvalue weighted by atomic mass is 79.9. The molecule has 0 unspecified atom stereocenters. The number of H-pyrrole nitrogens is 1. The molecule has 3 rings (SSSR count). The normalized spacial score (nSPS) is 12.6. The van der Waals surface area contributed by atoms with E-state index in [1.165, 1.54) is 12.2 Å². The van der Waals surface area contributed by atoms with Crippen molar-refractivity contribution in [2.75, 3.05) is 0 Å². The molecular formula is C19H16BrNO4. The molecule has 0 saturated carbocycles. The van der Waals surface area contributed by atoms with E-state index in [0.717, 1.165) is 16.6 Å². The van der Waals surface area contributed by atoms with E-state index in [9.17, 15) is 9.59 Å². The molecule has 0 aliphatic rings. The predicted octanol–water partition coefficient (Wildman–Crippen LogP) is 4.66. The van der Waals surface area contributed by atoms with Crippen LogP contribution in [0.5, 0.6) is 0 Å². The minimum absolute atomic E-state index is 0.238. The summed E-state index contributed by atoms with van der Waals surface area (Å²) in [6, 6.07) is 11.0. The van der Waals surface area contributed by atoms with Crippen LogP contribution in [-0.2, 0) is 9.53 Å². The summed E-state index contributed by atoms with van der Waals surface area (Å²) in [6.07, 6.45) is 1.83. The molecule has 5 nitrogen and oxygen atoms in total. The van der Waals surface area contributed by atoms with Crippen LogP contribution in [0.3, 0.4) is 0 Å². The molecule has 0 aliphatic carbocycles. The fourth-order valence-corrected chi connectivity index (χ4v) is 2.95. The molecule has 0 amide bonds. The molecule has 6 heteroatoms. The minimum atomic E-state index is -0.890. The van der Waals surface area contributed by atoms with Crippen LogP contribution in [0, 0.1) is 6.92 Å². The van der Waals surface area contributed by atoms with Crippen molar-refractivity contribution in [2.45, 2.75) is 20.0 Å². The number of Topliss-reactive ketones (excluding diaryl/α,β-unsaturated/α-hetero) is 1. The first-order valence-electron chi connectivity index (χ1n) is 7.71. The molecule has 0 aliphatic heterocycles. The number of halogens is 1. The summed E-state index contributed by atoms with van der Waals surface area (Å²) >= 11 is 3.18. The molecule has 1 N–H and O–H groups in total. The van der Waals surface area contributed by atoms with Crippen molar-refractivity contribution in [1.29, 1.82) is 0 Å². The molecule has 2 heterocycles. The van der Waals surface area contributed by atoms with Crippen molar-refractivity contribution in [2.24, 2.45) is 0 Å². The number of aromatic nitrogens is 1. The Labute approximate surface area is 152 Å². The van der Waals surface area contributed by atoms with E-state index in [2.05, 4.69) is 20.9 Å². The number of aromatic amines is 1. The van der Waals surface area contributed by atoms with E-state index in [0.29, 0.717) is 16.0 Å². The third-order valence-corrected chi connectivity index (χ3v) is 4.21. The fraction of sp³-hybridized carbons (Fsp3) is 0.158. The Bertz CT molecular complexity index is 967.